The van der Waals surface area contributed by atoms with Crippen LogP contribution in [-0.2, 0) is 17.8 Å². The van der Waals surface area contributed by atoms with Gasteiger partial charge < -0.3 is 9.84 Å². The van der Waals surface area contributed by atoms with Gasteiger partial charge >= 0.3 is 0 Å². The molecule has 1 fully saturated rings. The molecule has 6 nitrogen and oxygen atoms in total. The van der Waals surface area contributed by atoms with Gasteiger partial charge in [0.05, 0.1) is 12.6 Å². The zero-order valence-corrected chi connectivity index (χ0v) is 19.6. The molecule has 1 atom stereocenters. The van der Waals surface area contributed by atoms with E-state index >= 15 is 0 Å². The number of fused-ring (bicyclic) bond motifs is 1. The number of nitrogens with one attached hydrogen (secondary N) is 1. The van der Waals surface area contributed by atoms with E-state index in [9.17, 15) is 4.79 Å². The third-order valence-electron chi connectivity index (χ3n) is 6.57. The zero-order chi connectivity index (χ0) is 21.9. The van der Waals surface area contributed by atoms with Gasteiger partial charge in [-0.25, -0.2) is 0 Å². The first-order chi connectivity index (χ1) is 15.7. The Hall–Kier alpha value is -2.51. The predicted molar refractivity (Wildman–Crippen MR) is 126 cm³/mol. The van der Waals surface area contributed by atoms with Crippen LogP contribution in [0.15, 0.2) is 57.5 Å². The Morgan fingerprint density at radius 1 is 1.09 bits per heavy atom. The molecule has 5 rings (SSSR count). The maximum Gasteiger partial charge on any atom is 0.241 e. The largest absolute Gasteiger partial charge is 0.349 e. The normalized spacial score (nSPS) is 19.5. The van der Waals surface area contributed by atoms with Crippen LogP contribution in [0.5, 0.6) is 0 Å². The molecule has 1 aromatic heterocycles. The molecule has 3 aromatic rings. The summed E-state index contributed by atoms with van der Waals surface area (Å²) in [5.41, 5.74) is 3.60. The standard InChI is InChI=1S/C25H27BrN4O2/c26-20-10-8-18(9-11-20)24-28-23(32-29-24)16-30-14-12-19(13-15-30)25(31)27-22-7-3-5-17-4-1-2-6-21(17)22/h1-2,4,6,8-11,19,22H,3,5,7,12-16H2,(H,27,31). The third kappa shape index (κ3) is 4.79. The van der Waals surface area contributed by atoms with Gasteiger partial charge in [0.25, 0.3) is 0 Å². The van der Waals surface area contributed by atoms with E-state index in [4.69, 9.17) is 4.52 Å². The number of nitrogens with zero attached hydrogens (tertiary/aromatic N) is 3. The zero-order valence-electron chi connectivity index (χ0n) is 18.0. The summed E-state index contributed by atoms with van der Waals surface area (Å²) in [6.45, 7) is 2.33. The summed E-state index contributed by atoms with van der Waals surface area (Å²) in [5, 5.41) is 7.45. The Morgan fingerprint density at radius 3 is 2.69 bits per heavy atom. The molecule has 1 unspecified atom stereocenters. The summed E-state index contributed by atoms with van der Waals surface area (Å²) in [7, 11) is 0. The lowest BCUT2D eigenvalue weighted by molar-refractivity contribution is -0.127. The molecule has 1 amide bonds. The van der Waals surface area contributed by atoms with Crippen molar-refractivity contribution in [3.63, 3.8) is 0 Å². The Labute approximate surface area is 196 Å². The number of likely N-dealkylation sites (tertiary alicyclic amines) is 1. The molecule has 32 heavy (non-hydrogen) atoms. The van der Waals surface area contributed by atoms with Crippen molar-refractivity contribution in [2.45, 2.75) is 44.7 Å². The van der Waals surface area contributed by atoms with Crippen molar-refractivity contribution in [3.05, 3.63) is 70.0 Å². The smallest absolute Gasteiger partial charge is 0.241 e. The molecule has 1 N–H and O–H groups in total. The molecule has 1 aliphatic carbocycles. The number of benzene rings is 2. The van der Waals surface area contributed by atoms with E-state index in [0.29, 0.717) is 18.3 Å². The fraction of sp³-hybridized carbons (Fsp3) is 0.400. The van der Waals surface area contributed by atoms with Crippen molar-refractivity contribution in [1.29, 1.82) is 0 Å². The summed E-state index contributed by atoms with van der Waals surface area (Å²) in [6, 6.07) is 16.5. The van der Waals surface area contributed by atoms with E-state index in [1.807, 2.05) is 24.3 Å². The van der Waals surface area contributed by atoms with Gasteiger partial charge in [0.1, 0.15) is 0 Å². The quantitative estimate of drug-likeness (QED) is 0.545. The number of amides is 1. The fourth-order valence-corrected chi connectivity index (χ4v) is 5.04. The Balaban J connectivity index is 1.13. The lowest BCUT2D eigenvalue weighted by Crippen LogP contribution is -2.41. The average Bonchev–Trinajstić information content (AvgIpc) is 3.29. The highest BCUT2D eigenvalue weighted by molar-refractivity contribution is 9.10. The molecule has 7 heteroatoms. The van der Waals surface area contributed by atoms with Gasteiger partial charge in [-0.3, -0.25) is 9.69 Å². The lowest BCUT2D eigenvalue weighted by Gasteiger charge is -2.32. The summed E-state index contributed by atoms with van der Waals surface area (Å²) < 4.78 is 6.48. The number of carbonyl (C=O) groups is 1. The third-order valence-corrected chi connectivity index (χ3v) is 7.10. The maximum absolute atomic E-state index is 13.0. The summed E-state index contributed by atoms with van der Waals surface area (Å²) in [4.78, 5) is 19.8. The van der Waals surface area contributed by atoms with Crippen LogP contribution >= 0.6 is 15.9 Å². The van der Waals surface area contributed by atoms with Gasteiger partial charge in [-0.05, 0) is 80.6 Å². The van der Waals surface area contributed by atoms with Gasteiger partial charge in [-0.15, -0.1) is 0 Å². The number of piperidine rings is 1. The van der Waals surface area contributed by atoms with E-state index in [2.05, 4.69) is 60.6 Å². The number of halogens is 1. The van der Waals surface area contributed by atoms with Crippen molar-refractivity contribution in [3.8, 4) is 11.4 Å². The van der Waals surface area contributed by atoms with Crippen LogP contribution in [-0.4, -0.2) is 34.0 Å². The number of aryl methyl sites for hydroxylation is 1. The maximum atomic E-state index is 13.0. The van der Waals surface area contributed by atoms with E-state index in [0.717, 1.165) is 55.2 Å². The number of rotatable bonds is 5. The summed E-state index contributed by atoms with van der Waals surface area (Å²) >= 11 is 3.44. The predicted octanol–water partition coefficient (Wildman–Crippen LogP) is 4.90. The molecule has 2 aliphatic rings. The van der Waals surface area contributed by atoms with Crippen LogP contribution in [0.2, 0.25) is 0 Å². The second-order valence-electron chi connectivity index (χ2n) is 8.72. The van der Waals surface area contributed by atoms with Crippen molar-refractivity contribution in [2.75, 3.05) is 13.1 Å². The molecule has 0 spiro atoms. The van der Waals surface area contributed by atoms with Crippen LogP contribution in [0, 0.1) is 5.92 Å². The van der Waals surface area contributed by atoms with Crippen molar-refractivity contribution < 1.29 is 9.32 Å². The first kappa shape index (κ1) is 21.3. The van der Waals surface area contributed by atoms with E-state index in [-0.39, 0.29) is 17.9 Å². The van der Waals surface area contributed by atoms with Crippen LogP contribution in [0.3, 0.4) is 0 Å². The Kier molecular flexibility index (Phi) is 6.37. The van der Waals surface area contributed by atoms with Crippen molar-refractivity contribution in [2.24, 2.45) is 5.92 Å². The van der Waals surface area contributed by atoms with E-state index in [1.54, 1.807) is 0 Å². The minimum absolute atomic E-state index is 0.0707. The molecule has 2 heterocycles. The number of aromatic nitrogens is 2. The molecule has 0 saturated carbocycles. The van der Waals surface area contributed by atoms with Gasteiger partial charge in [-0.2, -0.15) is 4.98 Å². The summed E-state index contributed by atoms with van der Waals surface area (Å²) in [5.74, 6) is 1.49. The second kappa shape index (κ2) is 9.55. The van der Waals surface area contributed by atoms with Crippen LogP contribution < -0.4 is 5.32 Å². The topological polar surface area (TPSA) is 71.3 Å². The van der Waals surface area contributed by atoms with Crippen LogP contribution in [0.25, 0.3) is 11.4 Å². The van der Waals surface area contributed by atoms with E-state index < -0.39 is 0 Å². The molecule has 0 bridgehead atoms. The molecule has 1 saturated heterocycles. The highest BCUT2D eigenvalue weighted by atomic mass is 79.9. The molecule has 2 aromatic carbocycles. The fourth-order valence-electron chi connectivity index (χ4n) is 4.77. The van der Waals surface area contributed by atoms with E-state index in [1.165, 1.54) is 11.1 Å². The molecule has 166 valence electrons. The molecular weight excluding hydrogens is 468 g/mol. The SMILES string of the molecule is O=C(NC1CCCc2ccccc21)C1CCN(Cc2nc(-c3ccc(Br)cc3)no2)CC1. The van der Waals surface area contributed by atoms with Crippen LogP contribution in [0.1, 0.15) is 48.7 Å². The van der Waals surface area contributed by atoms with Gasteiger partial charge in [0.2, 0.25) is 17.6 Å². The molecular formula is C25H27BrN4O2. The number of carbonyl (C=O) groups excluding carboxylic acids is 1. The highest BCUT2D eigenvalue weighted by Crippen LogP contribution is 2.30. The summed E-state index contributed by atoms with van der Waals surface area (Å²) in [6.07, 6.45) is 4.98. The Morgan fingerprint density at radius 2 is 1.88 bits per heavy atom. The van der Waals surface area contributed by atoms with Gasteiger partial charge in [-0.1, -0.05) is 45.4 Å². The minimum atomic E-state index is 0.0707. The first-order valence-electron chi connectivity index (χ1n) is 11.3. The van der Waals surface area contributed by atoms with Crippen molar-refractivity contribution >= 4 is 21.8 Å². The number of hydrogen-bond acceptors (Lipinski definition) is 5. The van der Waals surface area contributed by atoms with Gasteiger partial charge in [0.15, 0.2) is 0 Å². The monoisotopic (exact) mass is 494 g/mol. The Bertz CT molecular complexity index is 1070. The molecule has 1 aliphatic heterocycles. The van der Waals surface area contributed by atoms with Gasteiger partial charge in [0, 0.05) is 16.0 Å². The minimum Gasteiger partial charge on any atom is -0.349 e. The molecule has 0 radical (unpaired) electrons. The second-order valence-corrected chi connectivity index (χ2v) is 9.64. The number of hydrogen-bond donors (Lipinski definition) is 1. The lowest BCUT2D eigenvalue weighted by atomic mass is 9.87. The highest BCUT2D eigenvalue weighted by Gasteiger charge is 2.29. The first-order valence-corrected chi connectivity index (χ1v) is 12.1. The van der Waals surface area contributed by atoms with Crippen LogP contribution in [0.4, 0.5) is 0 Å². The van der Waals surface area contributed by atoms with Crippen molar-refractivity contribution in [1.82, 2.24) is 20.4 Å². The average molecular weight is 495 g/mol.